The van der Waals surface area contributed by atoms with E-state index in [0.717, 1.165) is 22.6 Å². The molecule has 1 aromatic carbocycles. The minimum absolute atomic E-state index is 0.0280. The molecule has 5 nitrogen and oxygen atoms in total. The Kier molecular flexibility index (Phi) is 4.32. The molecule has 1 heterocycles. The van der Waals surface area contributed by atoms with Crippen molar-refractivity contribution in [1.29, 1.82) is 0 Å². The molecule has 1 atom stereocenters. The molecule has 1 unspecified atom stereocenters. The highest BCUT2D eigenvalue weighted by molar-refractivity contribution is 6.06. The average molecular weight is 300 g/mol. The summed E-state index contributed by atoms with van der Waals surface area (Å²) < 4.78 is 0. The smallest absolute Gasteiger partial charge is 0.240 e. The topological polar surface area (TPSA) is 79.5 Å². The minimum atomic E-state index is -0.0280. The number of rotatable bonds is 3. The van der Waals surface area contributed by atoms with E-state index in [9.17, 15) is 4.79 Å². The Morgan fingerprint density at radius 1 is 1.27 bits per heavy atom. The van der Waals surface area contributed by atoms with Gasteiger partial charge in [-0.2, -0.15) is 5.10 Å². The zero-order chi connectivity index (χ0) is 15.5. The van der Waals surface area contributed by atoms with Gasteiger partial charge in [0.15, 0.2) is 0 Å². The van der Waals surface area contributed by atoms with Crippen molar-refractivity contribution < 1.29 is 4.79 Å². The highest BCUT2D eigenvalue weighted by Crippen LogP contribution is 2.27. The molecule has 1 fully saturated rings. The zero-order valence-corrected chi connectivity index (χ0v) is 13.1. The van der Waals surface area contributed by atoms with Gasteiger partial charge in [-0.3, -0.25) is 4.79 Å². The molecule has 0 bridgehead atoms. The molecule has 0 aromatic heterocycles. The summed E-state index contributed by atoms with van der Waals surface area (Å²) in [5, 5.41) is 7.75. The van der Waals surface area contributed by atoms with E-state index < -0.39 is 0 Å². The van der Waals surface area contributed by atoms with Gasteiger partial charge in [-0.05, 0) is 25.0 Å². The number of nitrogen functional groups attached to an aromatic ring is 1. The average Bonchev–Trinajstić information content (AvgIpc) is 2.50. The molecule has 2 aliphatic rings. The number of hydrazone groups is 1. The predicted octanol–water partition coefficient (Wildman–Crippen LogP) is 2.87. The van der Waals surface area contributed by atoms with Gasteiger partial charge in [0.2, 0.25) is 5.91 Å². The molecule has 5 heteroatoms. The fourth-order valence-corrected chi connectivity index (χ4v) is 3.32. The van der Waals surface area contributed by atoms with E-state index in [-0.39, 0.29) is 11.8 Å². The monoisotopic (exact) mass is 300 g/mol. The second kappa shape index (κ2) is 6.38. The SMILES string of the molecule is CC1CC(=O)NN=C1c1ccc(NC2CCCCC2)c(N)c1. The van der Waals surface area contributed by atoms with Crippen LogP contribution in [0, 0.1) is 5.92 Å². The van der Waals surface area contributed by atoms with Gasteiger partial charge in [0.1, 0.15) is 0 Å². The fraction of sp³-hybridized carbons (Fsp3) is 0.529. The molecule has 1 saturated carbocycles. The number of nitrogens with zero attached hydrogens (tertiary/aromatic N) is 1. The molecule has 0 radical (unpaired) electrons. The first kappa shape index (κ1) is 14.9. The number of hydrogen-bond donors (Lipinski definition) is 3. The summed E-state index contributed by atoms with van der Waals surface area (Å²) in [7, 11) is 0. The number of nitrogens with two attached hydrogens (primary N) is 1. The van der Waals surface area contributed by atoms with Crippen molar-refractivity contribution in [2.24, 2.45) is 11.0 Å². The predicted molar refractivity (Wildman–Crippen MR) is 89.8 cm³/mol. The first-order chi connectivity index (χ1) is 10.6. The molecular weight excluding hydrogens is 276 g/mol. The van der Waals surface area contributed by atoms with Gasteiger partial charge in [0.05, 0.1) is 17.1 Å². The number of carbonyl (C=O) groups excluding carboxylic acids is 1. The number of nitrogens with one attached hydrogen (secondary N) is 2. The lowest BCUT2D eigenvalue weighted by molar-refractivity contribution is -0.121. The Morgan fingerprint density at radius 3 is 2.73 bits per heavy atom. The Balaban J connectivity index is 1.75. The largest absolute Gasteiger partial charge is 0.397 e. The Bertz CT molecular complexity index is 590. The van der Waals surface area contributed by atoms with Gasteiger partial charge in [-0.15, -0.1) is 0 Å². The summed E-state index contributed by atoms with van der Waals surface area (Å²) >= 11 is 0. The van der Waals surface area contributed by atoms with Crippen LogP contribution in [0.2, 0.25) is 0 Å². The van der Waals surface area contributed by atoms with Gasteiger partial charge in [-0.25, -0.2) is 5.43 Å². The van der Waals surface area contributed by atoms with Gasteiger partial charge in [0, 0.05) is 23.9 Å². The summed E-state index contributed by atoms with van der Waals surface area (Å²) in [6.07, 6.45) is 6.85. The summed E-state index contributed by atoms with van der Waals surface area (Å²) in [6, 6.07) is 6.56. The Morgan fingerprint density at radius 2 is 2.05 bits per heavy atom. The van der Waals surface area contributed by atoms with E-state index in [1.807, 2.05) is 25.1 Å². The summed E-state index contributed by atoms with van der Waals surface area (Å²) in [4.78, 5) is 11.3. The standard InChI is InChI=1S/C17H24N4O/c1-11-9-16(22)20-21-17(11)12-7-8-15(14(18)10-12)19-13-5-3-2-4-6-13/h7-8,10-11,13,19H,2-6,9,18H2,1H3,(H,20,22). The van der Waals surface area contributed by atoms with Crippen LogP contribution in [0.25, 0.3) is 0 Å². The van der Waals surface area contributed by atoms with Crippen LogP contribution < -0.4 is 16.5 Å². The maximum Gasteiger partial charge on any atom is 0.240 e. The first-order valence-electron chi connectivity index (χ1n) is 8.16. The third-order valence-corrected chi connectivity index (χ3v) is 4.57. The molecule has 0 saturated heterocycles. The third-order valence-electron chi connectivity index (χ3n) is 4.57. The van der Waals surface area contributed by atoms with Crippen molar-refractivity contribution in [2.45, 2.75) is 51.5 Å². The molecule has 4 N–H and O–H groups in total. The van der Waals surface area contributed by atoms with E-state index in [0.29, 0.717) is 12.5 Å². The van der Waals surface area contributed by atoms with E-state index >= 15 is 0 Å². The summed E-state index contributed by atoms with van der Waals surface area (Å²) in [6.45, 7) is 2.02. The lowest BCUT2D eigenvalue weighted by atomic mass is 9.93. The Labute approximate surface area is 131 Å². The van der Waals surface area contributed by atoms with Crippen molar-refractivity contribution in [1.82, 2.24) is 5.43 Å². The summed E-state index contributed by atoms with van der Waals surface area (Å²) in [5.41, 5.74) is 12.4. The van der Waals surface area contributed by atoms with E-state index in [2.05, 4.69) is 15.8 Å². The Hall–Kier alpha value is -2.04. The molecule has 1 aliphatic heterocycles. The van der Waals surface area contributed by atoms with Crippen LogP contribution in [-0.2, 0) is 4.79 Å². The maximum atomic E-state index is 11.3. The van der Waals surface area contributed by atoms with Gasteiger partial charge in [0.25, 0.3) is 0 Å². The molecule has 118 valence electrons. The van der Waals surface area contributed by atoms with E-state index in [1.165, 1.54) is 32.1 Å². The molecule has 1 aliphatic carbocycles. The van der Waals surface area contributed by atoms with Crippen LogP contribution in [0.5, 0.6) is 0 Å². The summed E-state index contributed by atoms with van der Waals surface area (Å²) in [5.74, 6) is 0.0881. The molecular formula is C17H24N4O. The number of carbonyl (C=O) groups is 1. The maximum absolute atomic E-state index is 11.3. The lowest BCUT2D eigenvalue weighted by Gasteiger charge is -2.25. The van der Waals surface area contributed by atoms with Crippen molar-refractivity contribution in [2.75, 3.05) is 11.1 Å². The minimum Gasteiger partial charge on any atom is -0.397 e. The molecule has 1 amide bonds. The molecule has 22 heavy (non-hydrogen) atoms. The van der Waals surface area contributed by atoms with E-state index in [1.54, 1.807) is 0 Å². The number of anilines is 2. The molecule has 1 aromatic rings. The van der Waals surface area contributed by atoms with Gasteiger partial charge >= 0.3 is 0 Å². The number of benzene rings is 1. The van der Waals surface area contributed by atoms with Crippen molar-refractivity contribution in [3.05, 3.63) is 23.8 Å². The van der Waals surface area contributed by atoms with Crippen LogP contribution in [0.15, 0.2) is 23.3 Å². The first-order valence-corrected chi connectivity index (χ1v) is 8.16. The van der Waals surface area contributed by atoms with Gasteiger partial charge in [-0.1, -0.05) is 32.3 Å². The zero-order valence-electron chi connectivity index (χ0n) is 13.1. The highest BCUT2D eigenvalue weighted by atomic mass is 16.2. The number of amides is 1. The fourth-order valence-electron chi connectivity index (χ4n) is 3.32. The molecule has 0 spiro atoms. The van der Waals surface area contributed by atoms with Crippen molar-refractivity contribution >= 4 is 23.0 Å². The van der Waals surface area contributed by atoms with Crippen LogP contribution in [0.3, 0.4) is 0 Å². The quantitative estimate of drug-likeness (QED) is 0.751. The van der Waals surface area contributed by atoms with Crippen molar-refractivity contribution in [3.63, 3.8) is 0 Å². The van der Waals surface area contributed by atoms with Crippen LogP contribution >= 0.6 is 0 Å². The molecule has 3 rings (SSSR count). The van der Waals surface area contributed by atoms with Gasteiger partial charge < -0.3 is 11.1 Å². The van der Waals surface area contributed by atoms with Crippen LogP contribution in [0.1, 0.15) is 51.0 Å². The normalized spacial score (nSPS) is 22.9. The second-order valence-corrected chi connectivity index (χ2v) is 6.42. The lowest BCUT2D eigenvalue weighted by Crippen LogP contribution is -2.32. The van der Waals surface area contributed by atoms with Crippen molar-refractivity contribution in [3.8, 4) is 0 Å². The van der Waals surface area contributed by atoms with Crippen LogP contribution in [0.4, 0.5) is 11.4 Å². The second-order valence-electron chi connectivity index (χ2n) is 6.42. The number of hydrogen-bond acceptors (Lipinski definition) is 4. The van der Waals surface area contributed by atoms with E-state index in [4.69, 9.17) is 5.73 Å². The third kappa shape index (κ3) is 3.24. The highest BCUT2D eigenvalue weighted by Gasteiger charge is 2.22. The van der Waals surface area contributed by atoms with Crippen LogP contribution in [-0.4, -0.2) is 17.7 Å².